The van der Waals surface area contributed by atoms with Crippen molar-refractivity contribution >= 4 is 0 Å². The molecule has 0 saturated carbocycles. The Hall–Kier alpha value is -1.85. The molecule has 1 aromatic heterocycles. The second kappa shape index (κ2) is 6.07. The largest absolute Gasteiger partial charge is 0.497 e. The van der Waals surface area contributed by atoms with E-state index in [0.717, 1.165) is 55.5 Å². The van der Waals surface area contributed by atoms with Crippen LogP contribution >= 0.6 is 0 Å². The highest BCUT2D eigenvalue weighted by atomic mass is 16.5. The molecule has 0 radical (unpaired) electrons. The summed E-state index contributed by atoms with van der Waals surface area (Å²) in [6.07, 6.45) is 0. The number of nitrogens with zero attached hydrogens (tertiary/aromatic N) is 2. The third-order valence-corrected chi connectivity index (χ3v) is 3.49. The molecule has 0 bridgehead atoms. The molecule has 1 fully saturated rings. The predicted molar refractivity (Wildman–Crippen MR) is 76.7 cm³/mol. The number of ether oxygens (including phenoxy) is 2. The fourth-order valence-electron chi connectivity index (χ4n) is 2.37. The van der Waals surface area contributed by atoms with Crippen LogP contribution in [0.1, 0.15) is 5.69 Å². The Morgan fingerprint density at radius 2 is 2.15 bits per heavy atom. The number of methoxy groups -OCH3 is 1. The lowest BCUT2D eigenvalue weighted by Gasteiger charge is -2.25. The van der Waals surface area contributed by atoms with Gasteiger partial charge in [-0.2, -0.15) is 5.10 Å². The molecule has 1 N–H and O–H groups in total. The van der Waals surface area contributed by atoms with Crippen LogP contribution in [0.25, 0.3) is 11.3 Å². The molecule has 20 heavy (non-hydrogen) atoms. The van der Waals surface area contributed by atoms with Crippen molar-refractivity contribution in [3.63, 3.8) is 0 Å². The first-order valence-electron chi connectivity index (χ1n) is 6.84. The van der Waals surface area contributed by atoms with E-state index in [1.54, 1.807) is 7.11 Å². The van der Waals surface area contributed by atoms with Gasteiger partial charge in [-0.1, -0.05) is 12.1 Å². The van der Waals surface area contributed by atoms with E-state index in [1.807, 2.05) is 24.3 Å². The van der Waals surface area contributed by atoms with E-state index >= 15 is 0 Å². The van der Waals surface area contributed by atoms with Crippen LogP contribution in [0.5, 0.6) is 5.75 Å². The third kappa shape index (κ3) is 3.00. The zero-order valence-corrected chi connectivity index (χ0v) is 11.6. The van der Waals surface area contributed by atoms with E-state index in [-0.39, 0.29) is 0 Å². The van der Waals surface area contributed by atoms with Gasteiger partial charge in [-0.05, 0) is 18.2 Å². The lowest BCUT2D eigenvalue weighted by atomic mass is 10.1. The minimum atomic E-state index is 0.816. The van der Waals surface area contributed by atoms with Gasteiger partial charge in [-0.25, -0.2) is 0 Å². The van der Waals surface area contributed by atoms with E-state index in [0.29, 0.717) is 0 Å². The van der Waals surface area contributed by atoms with Crippen molar-refractivity contribution in [1.82, 2.24) is 15.1 Å². The molecule has 1 aliphatic heterocycles. The summed E-state index contributed by atoms with van der Waals surface area (Å²) >= 11 is 0. The summed E-state index contributed by atoms with van der Waals surface area (Å²) in [5, 5.41) is 7.50. The van der Waals surface area contributed by atoms with E-state index in [9.17, 15) is 0 Å². The summed E-state index contributed by atoms with van der Waals surface area (Å²) in [7, 11) is 1.67. The molecule has 1 saturated heterocycles. The van der Waals surface area contributed by atoms with Gasteiger partial charge in [0.2, 0.25) is 0 Å². The Labute approximate surface area is 118 Å². The lowest BCUT2D eigenvalue weighted by Crippen LogP contribution is -2.35. The summed E-state index contributed by atoms with van der Waals surface area (Å²) in [6, 6.07) is 10.0. The van der Waals surface area contributed by atoms with Crippen molar-refractivity contribution in [2.45, 2.75) is 6.54 Å². The van der Waals surface area contributed by atoms with E-state index in [2.05, 4.69) is 21.2 Å². The third-order valence-electron chi connectivity index (χ3n) is 3.49. The molecule has 0 aliphatic carbocycles. The molecular weight excluding hydrogens is 254 g/mol. The van der Waals surface area contributed by atoms with Crippen molar-refractivity contribution in [3.05, 3.63) is 36.0 Å². The minimum absolute atomic E-state index is 0.816. The number of aromatic nitrogens is 2. The van der Waals surface area contributed by atoms with Gasteiger partial charge in [-0.15, -0.1) is 0 Å². The minimum Gasteiger partial charge on any atom is -0.497 e. The molecule has 2 heterocycles. The van der Waals surface area contributed by atoms with E-state index in [4.69, 9.17) is 9.47 Å². The lowest BCUT2D eigenvalue weighted by molar-refractivity contribution is 0.0336. The molecule has 2 aromatic rings. The van der Waals surface area contributed by atoms with Gasteiger partial charge in [0.1, 0.15) is 5.75 Å². The summed E-state index contributed by atoms with van der Waals surface area (Å²) < 4.78 is 10.6. The first-order chi connectivity index (χ1) is 9.85. The Bertz CT molecular complexity index is 562. The first-order valence-corrected chi connectivity index (χ1v) is 6.84. The molecule has 5 nitrogen and oxygen atoms in total. The normalized spacial score (nSPS) is 16.2. The quantitative estimate of drug-likeness (QED) is 0.924. The van der Waals surface area contributed by atoms with Crippen LogP contribution < -0.4 is 4.74 Å². The average molecular weight is 273 g/mol. The van der Waals surface area contributed by atoms with Crippen molar-refractivity contribution in [2.24, 2.45) is 0 Å². The number of hydrogen-bond acceptors (Lipinski definition) is 4. The van der Waals surface area contributed by atoms with Crippen molar-refractivity contribution in [2.75, 3.05) is 33.4 Å². The number of rotatable bonds is 4. The SMILES string of the molecule is COc1cccc(-c2cc(CN3CCOCC3)[nH]n2)c1. The zero-order valence-electron chi connectivity index (χ0n) is 11.6. The fraction of sp³-hybridized carbons (Fsp3) is 0.400. The molecule has 0 spiro atoms. The van der Waals surface area contributed by atoms with Gasteiger partial charge in [0, 0.05) is 30.9 Å². The molecule has 106 valence electrons. The van der Waals surface area contributed by atoms with Gasteiger partial charge in [0.05, 0.1) is 26.0 Å². The van der Waals surface area contributed by atoms with Gasteiger partial charge < -0.3 is 9.47 Å². The molecule has 5 heteroatoms. The van der Waals surface area contributed by atoms with Gasteiger partial charge >= 0.3 is 0 Å². The number of benzene rings is 1. The highest BCUT2D eigenvalue weighted by molar-refractivity contribution is 5.61. The number of aromatic amines is 1. The van der Waals surface area contributed by atoms with Gasteiger partial charge in [0.25, 0.3) is 0 Å². The van der Waals surface area contributed by atoms with Crippen molar-refractivity contribution < 1.29 is 9.47 Å². The van der Waals surface area contributed by atoms with Crippen molar-refractivity contribution in [3.8, 4) is 17.0 Å². The Kier molecular flexibility index (Phi) is 3.99. The van der Waals surface area contributed by atoms with Crippen LogP contribution in [0, 0.1) is 0 Å². The molecule has 0 amide bonds. The van der Waals surface area contributed by atoms with Gasteiger partial charge in [-0.3, -0.25) is 10.00 Å². The smallest absolute Gasteiger partial charge is 0.119 e. The highest BCUT2D eigenvalue weighted by Gasteiger charge is 2.12. The average Bonchev–Trinajstić information content (AvgIpc) is 2.97. The maximum atomic E-state index is 5.36. The maximum Gasteiger partial charge on any atom is 0.119 e. The number of morpholine rings is 1. The Balaban J connectivity index is 1.72. The second-order valence-electron chi connectivity index (χ2n) is 4.90. The molecular formula is C15H19N3O2. The summed E-state index contributed by atoms with van der Waals surface area (Å²) in [5.41, 5.74) is 3.14. The van der Waals surface area contributed by atoms with Crippen molar-refractivity contribution in [1.29, 1.82) is 0 Å². The first kappa shape index (κ1) is 13.1. The Morgan fingerprint density at radius 3 is 2.95 bits per heavy atom. The van der Waals surface area contributed by atoms with Crippen LogP contribution in [-0.2, 0) is 11.3 Å². The Morgan fingerprint density at radius 1 is 1.30 bits per heavy atom. The van der Waals surface area contributed by atoms with Crippen LogP contribution in [0.3, 0.4) is 0 Å². The summed E-state index contributed by atoms with van der Waals surface area (Å²) in [4.78, 5) is 2.37. The molecule has 0 unspecified atom stereocenters. The van der Waals surface area contributed by atoms with E-state index < -0.39 is 0 Å². The monoisotopic (exact) mass is 273 g/mol. The fourth-order valence-corrected chi connectivity index (χ4v) is 2.37. The second-order valence-corrected chi connectivity index (χ2v) is 4.90. The van der Waals surface area contributed by atoms with Gasteiger partial charge in [0.15, 0.2) is 0 Å². The van der Waals surface area contributed by atoms with Crippen LogP contribution in [0.2, 0.25) is 0 Å². The molecule has 1 aromatic carbocycles. The maximum absolute atomic E-state index is 5.36. The topological polar surface area (TPSA) is 50.4 Å². The predicted octanol–water partition coefficient (Wildman–Crippen LogP) is 1.92. The standard InChI is InChI=1S/C15H19N3O2/c1-19-14-4-2-3-12(9-14)15-10-13(16-17-15)11-18-5-7-20-8-6-18/h2-4,9-10H,5-8,11H2,1H3,(H,16,17). The van der Waals surface area contributed by atoms with Crippen LogP contribution in [0.4, 0.5) is 0 Å². The zero-order chi connectivity index (χ0) is 13.8. The number of H-pyrrole nitrogens is 1. The number of hydrogen-bond donors (Lipinski definition) is 1. The molecule has 0 atom stereocenters. The number of nitrogens with one attached hydrogen (secondary N) is 1. The molecule has 3 rings (SSSR count). The molecule has 1 aliphatic rings. The summed E-state index contributed by atoms with van der Waals surface area (Å²) in [5.74, 6) is 0.847. The highest BCUT2D eigenvalue weighted by Crippen LogP contribution is 2.22. The van der Waals surface area contributed by atoms with Crippen LogP contribution in [0.15, 0.2) is 30.3 Å². The summed E-state index contributed by atoms with van der Waals surface area (Å²) in [6.45, 7) is 4.48. The van der Waals surface area contributed by atoms with Crippen LogP contribution in [-0.4, -0.2) is 48.5 Å². The van der Waals surface area contributed by atoms with E-state index in [1.165, 1.54) is 0 Å².